The zero-order chi connectivity index (χ0) is 20.2. The van der Waals surface area contributed by atoms with Gasteiger partial charge in [0.05, 0.1) is 18.6 Å². The number of guanidine groups is 1. The lowest BCUT2D eigenvalue weighted by Crippen LogP contribution is -2.79. The van der Waals surface area contributed by atoms with Crippen LogP contribution < -0.4 is 15.6 Å². The van der Waals surface area contributed by atoms with Crippen LogP contribution in [0.1, 0.15) is 64.5 Å². The maximum absolute atomic E-state index is 3.79. The minimum atomic E-state index is 0.0810. The lowest BCUT2D eigenvalue weighted by atomic mass is 9.90. The van der Waals surface area contributed by atoms with Crippen LogP contribution in [0.25, 0.3) is 0 Å². The Balaban J connectivity index is 2.06. The average Bonchev–Trinajstić information content (AvgIpc) is 2.71. The van der Waals surface area contributed by atoms with Gasteiger partial charge in [-0.05, 0) is 43.2 Å². The highest BCUT2D eigenvalue weighted by molar-refractivity contribution is 5.74. The fourth-order valence-corrected chi connectivity index (χ4v) is 3.25. The molecule has 0 aromatic heterocycles. The molecule has 0 spiro atoms. The number of hydrogen-bond acceptors (Lipinski definition) is 0. The maximum Gasteiger partial charge on any atom is 0.344 e. The minimum absolute atomic E-state index is 0.0810. The van der Waals surface area contributed by atoms with Gasteiger partial charge < -0.3 is 0 Å². The molecule has 3 heteroatoms. The van der Waals surface area contributed by atoms with Crippen LogP contribution in [0.4, 0.5) is 0 Å². The molecule has 3 nitrogen and oxygen atoms in total. The smallest absolute Gasteiger partial charge is 0.274 e. The standard InChI is InChI=1S/C25H37N3/c1-5-25(4,18-12-13-21(2)3)28-24(26-19-22-14-8-6-9-15-22)27-20-23-16-10-7-11-17-23/h6-11,14-17,21H,5,12-13,18-20H2,1-4H3,(H2,26,27,28)/p+1. The van der Waals surface area contributed by atoms with Crippen LogP contribution >= 0.6 is 0 Å². The summed E-state index contributed by atoms with van der Waals surface area (Å²) >= 11 is 0. The van der Waals surface area contributed by atoms with E-state index in [9.17, 15) is 0 Å². The molecule has 0 saturated heterocycles. The molecule has 28 heavy (non-hydrogen) atoms. The fourth-order valence-electron chi connectivity index (χ4n) is 3.25. The summed E-state index contributed by atoms with van der Waals surface area (Å²) in [4.78, 5) is 3.59. The molecule has 0 radical (unpaired) electrons. The van der Waals surface area contributed by atoms with Crippen LogP contribution in [0.2, 0.25) is 0 Å². The van der Waals surface area contributed by atoms with E-state index in [1.165, 1.54) is 30.4 Å². The van der Waals surface area contributed by atoms with Crippen molar-refractivity contribution in [2.75, 3.05) is 0 Å². The molecule has 0 heterocycles. The number of hydrogen-bond donors (Lipinski definition) is 3. The Hall–Kier alpha value is -2.29. The highest BCUT2D eigenvalue weighted by Crippen LogP contribution is 2.19. The van der Waals surface area contributed by atoms with E-state index in [0.29, 0.717) is 0 Å². The summed E-state index contributed by atoms with van der Waals surface area (Å²) in [6, 6.07) is 21.1. The van der Waals surface area contributed by atoms with Gasteiger partial charge in [0.1, 0.15) is 0 Å². The molecule has 0 amide bonds. The van der Waals surface area contributed by atoms with E-state index in [-0.39, 0.29) is 5.54 Å². The topological polar surface area (TPSA) is 38.0 Å². The van der Waals surface area contributed by atoms with Crippen LogP contribution in [0.5, 0.6) is 0 Å². The first-order valence-corrected chi connectivity index (χ1v) is 10.7. The van der Waals surface area contributed by atoms with Crippen LogP contribution in [0, 0.1) is 5.92 Å². The van der Waals surface area contributed by atoms with Crippen molar-refractivity contribution >= 4 is 5.96 Å². The number of benzene rings is 2. The van der Waals surface area contributed by atoms with E-state index < -0.39 is 0 Å². The quantitative estimate of drug-likeness (QED) is 0.431. The third-order valence-electron chi connectivity index (χ3n) is 5.34. The molecule has 1 unspecified atom stereocenters. The van der Waals surface area contributed by atoms with Gasteiger partial charge in [-0.15, -0.1) is 0 Å². The molecule has 1 atom stereocenters. The monoisotopic (exact) mass is 380 g/mol. The van der Waals surface area contributed by atoms with E-state index in [1.807, 2.05) is 0 Å². The van der Waals surface area contributed by atoms with Crippen molar-refractivity contribution in [1.82, 2.24) is 10.6 Å². The van der Waals surface area contributed by atoms with Crippen molar-refractivity contribution in [2.24, 2.45) is 5.92 Å². The van der Waals surface area contributed by atoms with E-state index in [2.05, 4.69) is 104 Å². The van der Waals surface area contributed by atoms with Gasteiger partial charge in [-0.2, -0.15) is 0 Å². The molecule has 0 aliphatic carbocycles. The van der Waals surface area contributed by atoms with Gasteiger partial charge in [0.2, 0.25) is 0 Å². The van der Waals surface area contributed by atoms with E-state index in [4.69, 9.17) is 0 Å². The van der Waals surface area contributed by atoms with Gasteiger partial charge in [0.25, 0.3) is 0 Å². The molecule has 0 saturated carbocycles. The molecular formula is C25H38N3+. The summed E-state index contributed by atoms with van der Waals surface area (Å²) in [5.41, 5.74) is 2.64. The van der Waals surface area contributed by atoms with Gasteiger partial charge in [-0.1, -0.05) is 87.9 Å². The predicted molar refractivity (Wildman–Crippen MR) is 120 cm³/mol. The van der Waals surface area contributed by atoms with Crippen LogP contribution in [-0.2, 0) is 13.1 Å². The van der Waals surface area contributed by atoms with Gasteiger partial charge >= 0.3 is 5.96 Å². The largest absolute Gasteiger partial charge is 0.344 e. The molecule has 2 aromatic rings. The average molecular weight is 381 g/mol. The van der Waals surface area contributed by atoms with Gasteiger partial charge in [0.15, 0.2) is 0 Å². The summed E-state index contributed by atoms with van der Waals surface area (Å²) in [6.07, 6.45) is 4.79. The van der Waals surface area contributed by atoms with E-state index in [0.717, 1.165) is 31.4 Å². The Bertz CT molecular complexity index is 694. The second-order valence-corrected chi connectivity index (χ2v) is 8.38. The van der Waals surface area contributed by atoms with Gasteiger partial charge in [0, 0.05) is 0 Å². The minimum Gasteiger partial charge on any atom is -0.274 e. The first kappa shape index (κ1) is 22.0. The Kier molecular flexibility index (Phi) is 9.06. The van der Waals surface area contributed by atoms with Crippen LogP contribution in [0.3, 0.4) is 0 Å². The van der Waals surface area contributed by atoms with Crippen molar-refractivity contribution in [3.05, 3.63) is 71.8 Å². The third-order valence-corrected chi connectivity index (χ3v) is 5.34. The second kappa shape index (κ2) is 11.5. The molecular weight excluding hydrogens is 342 g/mol. The second-order valence-electron chi connectivity index (χ2n) is 8.38. The predicted octanol–water partition coefficient (Wildman–Crippen LogP) is 4.00. The molecule has 0 fully saturated rings. The summed E-state index contributed by atoms with van der Waals surface area (Å²) in [5.74, 6) is 1.78. The SMILES string of the molecule is CCC(C)(CCCC(C)C)NC(NCc1ccccc1)=[NH+]Cc1ccccc1. The molecule has 0 aliphatic heterocycles. The molecule has 0 bridgehead atoms. The summed E-state index contributed by atoms with van der Waals surface area (Å²) in [5, 5.41) is 7.38. The van der Waals surface area contributed by atoms with E-state index >= 15 is 0 Å². The molecule has 0 aliphatic rings. The summed E-state index contributed by atoms with van der Waals surface area (Å²) in [7, 11) is 0. The van der Waals surface area contributed by atoms with Crippen LogP contribution in [-0.4, -0.2) is 11.5 Å². The maximum atomic E-state index is 3.79. The van der Waals surface area contributed by atoms with Crippen molar-refractivity contribution in [3.8, 4) is 0 Å². The van der Waals surface area contributed by atoms with E-state index in [1.54, 1.807) is 0 Å². The Morgan fingerprint density at radius 1 is 0.964 bits per heavy atom. The highest BCUT2D eigenvalue weighted by atomic mass is 15.2. The summed E-state index contributed by atoms with van der Waals surface area (Å²) < 4.78 is 0. The third kappa shape index (κ3) is 8.16. The number of rotatable bonds is 10. The first-order valence-electron chi connectivity index (χ1n) is 10.7. The Morgan fingerprint density at radius 2 is 1.57 bits per heavy atom. The molecule has 2 aromatic carbocycles. The fraction of sp³-hybridized carbons (Fsp3) is 0.480. The molecule has 152 valence electrons. The molecule has 2 rings (SSSR count). The Labute approximate surface area is 171 Å². The van der Waals surface area contributed by atoms with Gasteiger partial charge in [-0.25, -0.2) is 0 Å². The van der Waals surface area contributed by atoms with Crippen molar-refractivity contribution in [3.63, 3.8) is 0 Å². The Morgan fingerprint density at radius 3 is 2.14 bits per heavy atom. The van der Waals surface area contributed by atoms with Crippen molar-refractivity contribution < 1.29 is 4.99 Å². The highest BCUT2D eigenvalue weighted by Gasteiger charge is 2.27. The zero-order valence-corrected chi connectivity index (χ0v) is 18.1. The number of nitrogens with one attached hydrogen (secondary N) is 3. The van der Waals surface area contributed by atoms with Crippen LogP contribution in [0.15, 0.2) is 60.7 Å². The zero-order valence-electron chi connectivity index (χ0n) is 18.1. The lowest BCUT2D eigenvalue weighted by Gasteiger charge is -2.27. The van der Waals surface area contributed by atoms with Crippen molar-refractivity contribution in [2.45, 2.75) is 72.0 Å². The van der Waals surface area contributed by atoms with Gasteiger partial charge in [-0.3, -0.25) is 15.6 Å². The lowest BCUT2D eigenvalue weighted by molar-refractivity contribution is -0.480. The summed E-state index contributed by atoms with van der Waals surface area (Å²) in [6.45, 7) is 10.8. The first-order chi connectivity index (χ1) is 13.5. The van der Waals surface area contributed by atoms with Crippen molar-refractivity contribution in [1.29, 1.82) is 0 Å². The normalized spacial score (nSPS) is 14.0. The molecule has 3 N–H and O–H groups in total.